The Balaban J connectivity index is 1.43. The summed E-state index contributed by atoms with van der Waals surface area (Å²) in [5, 5.41) is 0. The van der Waals surface area contributed by atoms with Gasteiger partial charge in [0.15, 0.2) is 5.65 Å². The largest absolute Gasteiger partial charge is 0.462 e. The molecule has 2 atom stereocenters. The number of imidazole rings is 1. The third-order valence-corrected chi connectivity index (χ3v) is 4.56. The molecule has 0 unspecified atom stereocenters. The number of aryl methyl sites for hydroxylation is 1. The lowest BCUT2D eigenvalue weighted by atomic mass is 9.96. The second kappa shape index (κ2) is 6.64. The molecule has 128 valence electrons. The second-order valence-electron chi connectivity index (χ2n) is 6.27. The number of hydrogen-bond donors (Lipinski definition) is 0. The normalized spacial score (nSPS) is 20.0. The van der Waals surface area contributed by atoms with Crippen LogP contribution in [0.5, 0.6) is 0 Å². The van der Waals surface area contributed by atoms with Gasteiger partial charge in [0.1, 0.15) is 5.52 Å². The molecule has 1 aromatic carbocycles. The summed E-state index contributed by atoms with van der Waals surface area (Å²) in [5.41, 5.74) is 2.96. The summed E-state index contributed by atoms with van der Waals surface area (Å²) >= 11 is 0. The molecule has 0 spiro atoms. The van der Waals surface area contributed by atoms with Crippen LogP contribution in [0.4, 0.5) is 0 Å². The minimum atomic E-state index is -0.376. The zero-order chi connectivity index (χ0) is 17.2. The average molecular weight is 337 g/mol. The zero-order valence-electron chi connectivity index (χ0n) is 14.0. The summed E-state index contributed by atoms with van der Waals surface area (Å²) in [7, 11) is 1.87. The zero-order valence-corrected chi connectivity index (χ0v) is 14.0. The van der Waals surface area contributed by atoms with Crippen LogP contribution in [0.15, 0.2) is 48.9 Å². The maximum atomic E-state index is 12.4. The Bertz CT molecular complexity index is 891. The highest BCUT2D eigenvalue weighted by molar-refractivity contribution is 5.92. The molecule has 6 nitrogen and oxygen atoms in total. The molecule has 0 amide bonds. The Hall–Kier alpha value is -2.73. The lowest BCUT2D eigenvalue weighted by Gasteiger charge is -2.18. The fraction of sp³-hybridized carbons (Fsp3) is 0.316. The molecule has 3 aromatic rings. The first-order valence-corrected chi connectivity index (χ1v) is 8.33. The maximum absolute atomic E-state index is 12.4. The van der Waals surface area contributed by atoms with E-state index >= 15 is 0 Å². The van der Waals surface area contributed by atoms with Gasteiger partial charge in [0.05, 0.1) is 24.6 Å². The van der Waals surface area contributed by atoms with Gasteiger partial charge in [-0.2, -0.15) is 0 Å². The molecule has 25 heavy (non-hydrogen) atoms. The summed E-state index contributed by atoms with van der Waals surface area (Å²) in [6, 6.07) is 11.8. The van der Waals surface area contributed by atoms with E-state index in [1.54, 1.807) is 12.4 Å². The fourth-order valence-electron chi connectivity index (χ4n) is 3.21. The lowest BCUT2D eigenvalue weighted by Crippen LogP contribution is -2.17. The number of rotatable bonds is 4. The predicted molar refractivity (Wildman–Crippen MR) is 92.0 cm³/mol. The van der Waals surface area contributed by atoms with Crippen molar-refractivity contribution in [1.82, 2.24) is 14.5 Å². The van der Waals surface area contributed by atoms with Crippen molar-refractivity contribution in [3.8, 4) is 0 Å². The van der Waals surface area contributed by atoms with Crippen molar-refractivity contribution in [2.45, 2.75) is 12.5 Å². The number of esters is 1. The molecular formula is C19H19N3O3. The molecular weight excluding hydrogens is 318 g/mol. The molecule has 0 saturated carbocycles. The first kappa shape index (κ1) is 15.8. The SMILES string of the molecule is Cn1cnc2cc(C(=O)OC[C@@H]3CCO[C@H]3c3ccccc3)cnc21. The van der Waals surface area contributed by atoms with Gasteiger partial charge in [-0.15, -0.1) is 0 Å². The van der Waals surface area contributed by atoms with E-state index in [4.69, 9.17) is 9.47 Å². The van der Waals surface area contributed by atoms with E-state index in [-0.39, 0.29) is 18.0 Å². The van der Waals surface area contributed by atoms with Gasteiger partial charge in [0.2, 0.25) is 0 Å². The summed E-state index contributed by atoms with van der Waals surface area (Å²) in [5.74, 6) is -0.211. The Morgan fingerprint density at radius 2 is 2.16 bits per heavy atom. The van der Waals surface area contributed by atoms with E-state index in [0.29, 0.717) is 24.3 Å². The maximum Gasteiger partial charge on any atom is 0.339 e. The summed E-state index contributed by atoms with van der Waals surface area (Å²) in [4.78, 5) is 20.9. The molecule has 1 saturated heterocycles. The van der Waals surface area contributed by atoms with Crippen LogP contribution in [0.25, 0.3) is 11.2 Å². The molecule has 0 aliphatic carbocycles. The van der Waals surface area contributed by atoms with Crippen LogP contribution >= 0.6 is 0 Å². The standard InChI is InChI=1S/C19H19N3O3/c1-22-12-21-16-9-15(10-20-18(16)22)19(23)25-11-14-7-8-24-17(14)13-5-3-2-4-6-13/h2-6,9-10,12,14,17H,7-8,11H2,1H3/t14-,17-/m0/s1. The number of fused-ring (bicyclic) bond motifs is 1. The second-order valence-corrected chi connectivity index (χ2v) is 6.27. The topological polar surface area (TPSA) is 66.2 Å². The van der Waals surface area contributed by atoms with E-state index in [1.165, 1.54) is 6.20 Å². The molecule has 0 radical (unpaired) electrons. The van der Waals surface area contributed by atoms with Crippen LogP contribution < -0.4 is 0 Å². The molecule has 3 heterocycles. The molecule has 1 aliphatic heterocycles. The van der Waals surface area contributed by atoms with E-state index in [1.807, 2.05) is 41.9 Å². The van der Waals surface area contributed by atoms with E-state index in [2.05, 4.69) is 9.97 Å². The quantitative estimate of drug-likeness (QED) is 0.685. The van der Waals surface area contributed by atoms with E-state index in [0.717, 1.165) is 17.6 Å². The molecule has 1 aliphatic rings. The third kappa shape index (κ3) is 3.13. The molecule has 2 aromatic heterocycles. The van der Waals surface area contributed by atoms with Gasteiger partial charge in [0, 0.05) is 25.8 Å². The number of pyridine rings is 1. The molecule has 6 heteroatoms. The Morgan fingerprint density at radius 3 is 3.00 bits per heavy atom. The van der Waals surface area contributed by atoms with Crippen LogP contribution in [-0.2, 0) is 16.5 Å². The highest BCUT2D eigenvalue weighted by atomic mass is 16.5. The molecule has 0 bridgehead atoms. The van der Waals surface area contributed by atoms with Gasteiger partial charge in [-0.05, 0) is 18.1 Å². The Labute approximate surface area is 145 Å². The summed E-state index contributed by atoms with van der Waals surface area (Å²) in [6.45, 7) is 1.02. The Morgan fingerprint density at radius 1 is 1.32 bits per heavy atom. The number of carbonyl (C=O) groups excluding carboxylic acids is 1. The van der Waals surface area contributed by atoms with Crippen molar-refractivity contribution in [3.05, 3.63) is 60.0 Å². The van der Waals surface area contributed by atoms with Crippen LogP contribution in [0.2, 0.25) is 0 Å². The Kier molecular flexibility index (Phi) is 4.19. The minimum absolute atomic E-state index is 0.0228. The number of nitrogens with zero attached hydrogens (tertiary/aromatic N) is 3. The molecule has 0 N–H and O–H groups in total. The monoisotopic (exact) mass is 337 g/mol. The summed E-state index contributed by atoms with van der Waals surface area (Å²) < 4.78 is 13.2. The van der Waals surface area contributed by atoms with Gasteiger partial charge in [-0.3, -0.25) is 0 Å². The first-order valence-electron chi connectivity index (χ1n) is 8.33. The predicted octanol–water partition coefficient (Wildman–Crippen LogP) is 2.90. The van der Waals surface area contributed by atoms with Crippen molar-refractivity contribution in [3.63, 3.8) is 0 Å². The fourth-order valence-corrected chi connectivity index (χ4v) is 3.21. The van der Waals surface area contributed by atoms with Crippen molar-refractivity contribution in [2.24, 2.45) is 13.0 Å². The van der Waals surface area contributed by atoms with Crippen LogP contribution in [-0.4, -0.2) is 33.7 Å². The van der Waals surface area contributed by atoms with Gasteiger partial charge in [0.25, 0.3) is 0 Å². The number of carbonyl (C=O) groups is 1. The smallest absolute Gasteiger partial charge is 0.339 e. The van der Waals surface area contributed by atoms with Crippen molar-refractivity contribution < 1.29 is 14.3 Å². The number of hydrogen-bond acceptors (Lipinski definition) is 5. The van der Waals surface area contributed by atoms with Gasteiger partial charge in [-0.1, -0.05) is 30.3 Å². The third-order valence-electron chi connectivity index (χ3n) is 4.56. The van der Waals surface area contributed by atoms with Crippen molar-refractivity contribution in [2.75, 3.05) is 13.2 Å². The highest BCUT2D eigenvalue weighted by Crippen LogP contribution is 2.34. The number of aromatic nitrogens is 3. The minimum Gasteiger partial charge on any atom is -0.462 e. The molecule has 1 fully saturated rings. The van der Waals surface area contributed by atoms with Crippen LogP contribution in [0, 0.1) is 5.92 Å². The molecule has 4 rings (SSSR count). The highest BCUT2D eigenvalue weighted by Gasteiger charge is 2.30. The van der Waals surface area contributed by atoms with Gasteiger partial charge in [-0.25, -0.2) is 14.8 Å². The van der Waals surface area contributed by atoms with Crippen LogP contribution in [0.3, 0.4) is 0 Å². The van der Waals surface area contributed by atoms with Crippen LogP contribution in [0.1, 0.15) is 28.4 Å². The average Bonchev–Trinajstić information content (AvgIpc) is 3.27. The first-order chi connectivity index (χ1) is 12.2. The van der Waals surface area contributed by atoms with E-state index in [9.17, 15) is 4.79 Å². The summed E-state index contributed by atoms with van der Waals surface area (Å²) in [6.07, 6.45) is 4.06. The van der Waals surface area contributed by atoms with Crippen molar-refractivity contribution >= 4 is 17.1 Å². The van der Waals surface area contributed by atoms with Crippen molar-refractivity contribution in [1.29, 1.82) is 0 Å². The van der Waals surface area contributed by atoms with Gasteiger partial charge >= 0.3 is 5.97 Å². The lowest BCUT2D eigenvalue weighted by molar-refractivity contribution is 0.0306. The van der Waals surface area contributed by atoms with Gasteiger partial charge < -0.3 is 14.0 Å². The number of ether oxygens (including phenoxy) is 2. The van der Waals surface area contributed by atoms with E-state index < -0.39 is 0 Å². The number of benzene rings is 1.